The highest BCUT2D eigenvalue weighted by atomic mass is 19.4. The molecule has 1 atom stereocenters. The molecule has 0 saturated heterocycles. The van der Waals surface area contributed by atoms with E-state index in [4.69, 9.17) is 4.74 Å². The van der Waals surface area contributed by atoms with Gasteiger partial charge in [-0.25, -0.2) is 0 Å². The molecule has 0 saturated carbocycles. The number of ether oxygens (including phenoxy) is 1. The van der Waals surface area contributed by atoms with Crippen LogP contribution in [-0.2, 0) is 9.53 Å². The lowest BCUT2D eigenvalue weighted by Crippen LogP contribution is -2.15. The third-order valence-corrected chi connectivity index (χ3v) is 3.75. The first-order valence-electron chi connectivity index (χ1n) is 8.13. The molecule has 1 aliphatic heterocycles. The van der Waals surface area contributed by atoms with Crippen LogP contribution in [0, 0.1) is 0 Å². The summed E-state index contributed by atoms with van der Waals surface area (Å²) in [6.45, 7) is 10.4. The van der Waals surface area contributed by atoms with Gasteiger partial charge < -0.3 is 4.74 Å². The van der Waals surface area contributed by atoms with Gasteiger partial charge in [0.15, 0.2) is 5.78 Å². The fourth-order valence-corrected chi connectivity index (χ4v) is 2.27. The van der Waals surface area contributed by atoms with E-state index >= 15 is 0 Å². The van der Waals surface area contributed by atoms with Crippen LogP contribution in [0.4, 0.5) is 13.2 Å². The van der Waals surface area contributed by atoms with Crippen molar-refractivity contribution in [1.82, 2.24) is 0 Å². The molecule has 0 aromatic rings. The summed E-state index contributed by atoms with van der Waals surface area (Å²) in [5, 5.41) is 0. The van der Waals surface area contributed by atoms with Crippen molar-refractivity contribution in [3.63, 3.8) is 0 Å². The lowest BCUT2D eigenvalue weighted by atomic mass is 9.92. The Labute approximate surface area is 152 Å². The first-order chi connectivity index (χ1) is 12.2. The minimum atomic E-state index is -4.60. The van der Waals surface area contributed by atoms with Gasteiger partial charge >= 0.3 is 6.18 Å². The molecule has 1 heterocycles. The highest BCUT2D eigenvalue weighted by molar-refractivity contribution is 6.00. The standard InChI is InChI=1S/C21H23F3O2/c1-5-10-19(21(22,23)24)18-12-9-14-26-15(2)11-7-6-8-13-20(25)17(4)16(18)3/h5-12,15H,1,4,13-14H2,2-3H3/b8-6-,11-7-,12-9-,18-16+,19-10+. The van der Waals surface area contributed by atoms with E-state index in [-0.39, 0.29) is 41.6 Å². The quantitative estimate of drug-likeness (QED) is 0.472. The van der Waals surface area contributed by atoms with E-state index in [0.717, 1.165) is 12.2 Å². The van der Waals surface area contributed by atoms with Gasteiger partial charge in [-0.3, -0.25) is 4.79 Å². The maximum absolute atomic E-state index is 13.5. The third-order valence-electron chi connectivity index (χ3n) is 3.75. The Morgan fingerprint density at radius 2 is 2.00 bits per heavy atom. The zero-order chi connectivity index (χ0) is 19.7. The van der Waals surface area contributed by atoms with Crippen molar-refractivity contribution in [3.8, 4) is 0 Å². The number of rotatable bonds is 2. The van der Waals surface area contributed by atoms with E-state index in [1.54, 1.807) is 24.3 Å². The Kier molecular flexibility index (Phi) is 8.26. The summed E-state index contributed by atoms with van der Waals surface area (Å²) < 4.78 is 45.9. The van der Waals surface area contributed by atoms with Gasteiger partial charge in [0, 0.05) is 12.0 Å². The number of Topliss-reactive ketones (excluding diaryl/α,β-unsaturated/α-hetero) is 1. The lowest BCUT2D eigenvalue weighted by Gasteiger charge is -2.17. The smallest absolute Gasteiger partial charge is 0.370 e. The van der Waals surface area contributed by atoms with Crippen LogP contribution in [0.15, 0.2) is 84.1 Å². The molecular weight excluding hydrogens is 341 g/mol. The van der Waals surface area contributed by atoms with E-state index in [2.05, 4.69) is 13.2 Å². The highest BCUT2D eigenvalue weighted by Crippen LogP contribution is 2.35. The van der Waals surface area contributed by atoms with E-state index < -0.39 is 11.7 Å². The Balaban J connectivity index is 3.44. The van der Waals surface area contributed by atoms with Gasteiger partial charge in [-0.2, -0.15) is 13.2 Å². The summed E-state index contributed by atoms with van der Waals surface area (Å²) in [4.78, 5) is 12.3. The Bertz CT molecular complexity index is 701. The fourth-order valence-electron chi connectivity index (χ4n) is 2.27. The molecule has 0 bridgehead atoms. The number of carbonyl (C=O) groups excluding carboxylic acids is 1. The number of hydrogen-bond acceptors (Lipinski definition) is 2. The number of halogens is 3. The largest absolute Gasteiger partial charge is 0.416 e. The minimum absolute atomic E-state index is 0.0452. The van der Waals surface area contributed by atoms with Crippen LogP contribution in [-0.4, -0.2) is 24.7 Å². The second kappa shape index (κ2) is 9.92. The highest BCUT2D eigenvalue weighted by Gasteiger charge is 2.35. The topological polar surface area (TPSA) is 26.3 Å². The van der Waals surface area contributed by atoms with Crippen molar-refractivity contribution in [1.29, 1.82) is 0 Å². The maximum Gasteiger partial charge on any atom is 0.416 e. The molecular formula is C21H23F3O2. The van der Waals surface area contributed by atoms with Gasteiger partial charge in [0.25, 0.3) is 0 Å². The van der Waals surface area contributed by atoms with Crippen LogP contribution >= 0.6 is 0 Å². The van der Waals surface area contributed by atoms with Crippen LogP contribution in [0.3, 0.4) is 0 Å². The molecule has 1 aliphatic rings. The zero-order valence-electron chi connectivity index (χ0n) is 15.0. The first-order valence-corrected chi connectivity index (χ1v) is 8.13. The van der Waals surface area contributed by atoms with Crippen molar-refractivity contribution >= 4 is 5.78 Å². The van der Waals surface area contributed by atoms with Gasteiger partial charge in [0.05, 0.1) is 18.3 Å². The third kappa shape index (κ3) is 6.48. The molecule has 0 spiro atoms. The molecule has 0 amide bonds. The predicted molar refractivity (Wildman–Crippen MR) is 98.6 cm³/mol. The van der Waals surface area contributed by atoms with Crippen molar-refractivity contribution in [3.05, 3.63) is 84.1 Å². The summed E-state index contributed by atoms with van der Waals surface area (Å²) in [5.41, 5.74) is -0.788. The van der Waals surface area contributed by atoms with Gasteiger partial charge in [0.2, 0.25) is 0 Å². The van der Waals surface area contributed by atoms with Crippen LogP contribution in [0.1, 0.15) is 20.3 Å². The van der Waals surface area contributed by atoms with Gasteiger partial charge in [-0.05, 0) is 31.1 Å². The molecule has 0 aromatic heterocycles. The molecule has 1 rings (SSSR count). The SMILES string of the molecule is C=C\C=C(C1=C(\C)C(=C)C(=O)C/C=C\C=C/C(C)OC/C=C\1)\C(F)(F)F. The summed E-state index contributed by atoms with van der Waals surface area (Å²) in [7, 11) is 0. The second-order valence-electron chi connectivity index (χ2n) is 5.71. The molecule has 0 fully saturated rings. The number of alkyl halides is 3. The van der Waals surface area contributed by atoms with Gasteiger partial charge in [-0.15, -0.1) is 0 Å². The summed E-state index contributed by atoms with van der Waals surface area (Å²) in [5.74, 6) is -0.334. The average Bonchev–Trinajstić information content (AvgIpc) is 2.57. The van der Waals surface area contributed by atoms with Crippen molar-refractivity contribution < 1.29 is 22.7 Å². The van der Waals surface area contributed by atoms with E-state index in [1.165, 1.54) is 19.1 Å². The normalized spacial score (nSPS) is 27.6. The number of allylic oxidation sites excluding steroid dienone is 10. The second-order valence-corrected chi connectivity index (χ2v) is 5.71. The number of hydrogen-bond donors (Lipinski definition) is 0. The van der Waals surface area contributed by atoms with Crippen molar-refractivity contribution in [2.45, 2.75) is 32.5 Å². The fraction of sp³-hybridized carbons (Fsp3) is 0.286. The lowest BCUT2D eigenvalue weighted by molar-refractivity contribution is -0.114. The van der Waals surface area contributed by atoms with E-state index in [9.17, 15) is 18.0 Å². The molecule has 5 heteroatoms. The minimum Gasteiger partial charge on any atom is -0.370 e. The van der Waals surface area contributed by atoms with Gasteiger partial charge in [0.1, 0.15) is 0 Å². The first kappa shape index (κ1) is 21.6. The maximum atomic E-state index is 13.5. The molecule has 1 unspecified atom stereocenters. The molecule has 26 heavy (non-hydrogen) atoms. The molecule has 0 N–H and O–H groups in total. The summed E-state index contributed by atoms with van der Waals surface area (Å²) in [6.07, 6.45) is 6.89. The molecule has 2 nitrogen and oxygen atoms in total. The van der Waals surface area contributed by atoms with Crippen LogP contribution < -0.4 is 0 Å². The Morgan fingerprint density at radius 3 is 2.62 bits per heavy atom. The zero-order valence-corrected chi connectivity index (χ0v) is 15.0. The molecule has 0 radical (unpaired) electrons. The Hall–Kier alpha value is -2.40. The van der Waals surface area contributed by atoms with Crippen molar-refractivity contribution in [2.24, 2.45) is 0 Å². The molecule has 0 aromatic carbocycles. The van der Waals surface area contributed by atoms with E-state index in [0.29, 0.717) is 0 Å². The van der Waals surface area contributed by atoms with E-state index in [1.807, 2.05) is 6.92 Å². The predicted octanol–water partition coefficient (Wildman–Crippen LogP) is 5.58. The summed E-state index contributed by atoms with van der Waals surface area (Å²) >= 11 is 0. The van der Waals surface area contributed by atoms with Gasteiger partial charge in [-0.1, -0.05) is 55.7 Å². The average molecular weight is 364 g/mol. The number of carbonyl (C=O) groups is 1. The molecule has 0 aliphatic carbocycles. The van der Waals surface area contributed by atoms with Crippen LogP contribution in [0.5, 0.6) is 0 Å². The van der Waals surface area contributed by atoms with Crippen LogP contribution in [0.25, 0.3) is 0 Å². The van der Waals surface area contributed by atoms with Crippen molar-refractivity contribution in [2.75, 3.05) is 6.61 Å². The summed E-state index contributed by atoms with van der Waals surface area (Å²) in [6, 6.07) is 0. The number of ketones is 1. The monoisotopic (exact) mass is 364 g/mol. The van der Waals surface area contributed by atoms with Crippen LogP contribution in [0.2, 0.25) is 0 Å². The molecule has 140 valence electrons. The Morgan fingerprint density at radius 1 is 1.31 bits per heavy atom.